The number of ether oxygens (including phenoxy) is 2. The van der Waals surface area contributed by atoms with Crippen molar-refractivity contribution in [1.29, 1.82) is 0 Å². The predicted molar refractivity (Wildman–Crippen MR) is 104 cm³/mol. The summed E-state index contributed by atoms with van der Waals surface area (Å²) in [6.07, 6.45) is 2.48. The molecule has 1 aliphatic heterocycles. The van der Waals surface area contributed by atoms with Crippen molar-refractivity contribution in [2.24, 2.45) is 17.4 Å². The fourth-order valence-electron chi connectivity index (χ4n) is 0.472. The Kier molecular flexibility index (Phi) is 29.9. The van der Waals surface area contributed by atoms with Gasteiger partial charge in [0.15, 0.2) is 0 Å². The van der Waals surface area contributed by atoms with Gasteiger partial charge in [0.1, 0.15) is 0 Å². The summed E-state index contributed by atoms with van der Waals surface area (Å²) in [6.45, 7) is 14.8. The summed E-state index contributed by atoms with van der Waals surface area (Å²) in [6, 6.07) is 0. The SMILES string of the molecule is C.C.C=C(C)C(=O)OC.C=CC(N)=O.CC1CO1.CCC(C)C(N)=O. The van der Waals surface area contributed by atoms with Crippen molar-refractivity contribution in [3.05, 3.63) is 24.8 Å². The number of hydrogen-bond donors (Lipinski definition) is 2. The topological polar surface area (TPSA) is 125 Å². The molecule has 0 bridgehead atoms. The van der Waals surface area contributed by atoms with Gasteiger partial charge in [-0.25, -0.2) is 4.79 Å². The van der Waals surface area contributed by atoms with Crippen LogP contribution in [0, 0.1) is 5.92 Å². The van der Waals surface area contributed by atoms with Crippen molar-refractivity contribution >= 4 is 17.8 Å². The Hall–Kier alpha value is -2.15. The molecule has 1 fully saturated rings. The average Bonchev–Trinajstić information content (AvgIpc) is 3.29. The van der Waals surface area contributed by atoms with E-state index < -0.39 is 5.91 Å². The first kappa shape index (κ1) is 34.2. The number of carbonyl (C=O) groups excluding carboxylic acids is 3. The zero-order chi connectivity index (χ0) is 19.0. The highest BCUT2D eigenvalue weighted by atomic mass is 16.6. The summed E-state index contributed by atoms with van der Waals surface area (Å²) in [4.78, 5) is 29.8. The molecule has 2 amide bonds. The first-order chi connectivity index (χ1) is 10.5. The van der Waals surface area contributed by atoms with Crippen molar-refractivity contribution in [1.82, 2.24) is 0 Å². The van der Waals surface area contributed by atoms with Gasteiger partial charge in [-0.15, -0.1) is 0 Å². The van der Waals surface area contributed by atoms with Crippen LogP contribution in [0.15, 0.2) is 24.8 Å². The lowest BCUT2D eigenvalue weighted by Crippen LogP contribution is -2.19. The molecule has 2 atom stereocenters. The van der Waals surface area contributed by atoms with E-state index in [9.17, 15) is 14.4 Å². The molecule has 2 unspecified atom stereocenters. The number of amides is 2. The molecule has 25 heavy (non-hydrogen) atoms. The summed E-state index contributed by atoms with van der Waals surface area (Å²) in [5, 5.41) is 0. The molecule has 0 aromatic carbocycles. The van der Waals surface area contributed by atoms with Crippen molar-refractivity contribution in [3.63, 3.8) is 0 Å². The summed E-state index contributed by atoms with van der Waals surface area (Å²) < 4.78 is 8.98. The second-order valence-electron chi connectivity index (χ2n) is 4.73. The van der Waals surface area contributed by atoms with Crippen LogP contribution >= 0.6 is 0 Å². The van der Waals surface area contributed by atoms with E-state index >= 15 is 0 Å². The molecule has 1 heterocycles. The summed E-state index contributed by atoms with van der Waals surface area (Å²) in [5.41, 5.74) is 9.88. The quantitative estimate of drug-likeness (QED) is 0.452. The van der Waals surface area contributed by atoms with E-state index in [-0.39, 0.29) is 32.6 Å². The van der Waals surface area contributed by atoms with Gasteiger partial charge in [0.2, 0.25) is 11.8 Å². The monoisotopic (exact) mass is 362 g/mol. The molecule has 1 saturated heterocycles. The summed E-state index contributed by atoms with van der Waals surface area (Å²) in [7, 11) is 1.33. The molecular formula is C18H38N2O5. The van der Waals surface area contributed by atoms with E-state index in [0.717, 1.165) is 19.1 Å². The fraction of sp³-hybridized carbons (Fsp3) is 0.611. The Balaban J connectivity index is -0.0000000705. The lowest BCUT2D eigenvalue weighted by atomic mass is 10.1. The number of primary amides is 2. The summed E-state index contributed by atoms with van der Waals surface area (Å²) >= 11 is 0. The molecule has 0 aromatic heterocycles. The molecule has 0 radical (unpaired) electrons. The number of epoxide rings is 1. The number of methoxy groups -OCH3 is 1. The second kappa shape index (κ2) is 21.9. The van der Waals surface area contributed by atoms with Gasteiger partial charge in [-0.3, -0.25) is 9.59 Å². The molecule has 7 nitrogen and oxygen atoms in total. The van der Waals surface area contributed by atoms with Crippen LogP contribution in [0.5, 0.6) is 0 Å². The first-order valence-electron chi connectivity index (χ1n) is 7.09. The van der Waals surface area contributed by atoms with E-state index in [1.54, 1.807) is 6.92 Å². The average molecular weight is 363 g/mol. The minimum absolute atomic E-state index is 0. The van der Waals surface area contributed by atoms with Crippen LogP contribution in [0.2, 0.25) is 0 Å². The van der Waals surface area contributed by atoms with Crippen LogP contribution in [0.25, 0.3) is 0 Å². The maximum Gasteiger partial charge on any atom is 0.332 e. The van der Waals surface area contributed by atoms with Crippen molar-refractivity contribution < 1.29 is 23.9 Å². The van der Waals surface area contributed by atoms with Crippen molar-refractivity contribution in [2.75, 3.05) is 13.7 Å². The molecule has 7 heteroatoms. The van der Waals surface area contributed by atoms with Crippen LogP contribution in [0.1, 0.15) is 49.0 Å². The number of rotatable bonds is 4. The lowest BCUT2D eigenvalue weighted by Gasteiger charge is -1.98. The molecule has 1 rings (SSSR count). The van der Waals surface area contributed by atoms with Gasteiger partial charge < -0.3 is 20.9 Å². The van der Waals surface area contributed by atoms with Crippen LogP contribution in [0.3, 0.4) is 0 Å². The third-order valence-electron chi connectivity index (χ3n) is 2.33. The Morgan fingerprint density at radius 2 is 1.64 bits per heavy atom. The maximum absolute atomic E-state index is 10.2. The highest BCUT2D eigenvalue weighted by molar-refractivity contribution is 5.86. The van der Waals surface area contributed by atoms with Gasteiger partial charge in [0.05, 0.1) is 19.8 Å². The highest BCUT2D eigenvalue weighted by Gasteiger charge is 2.13. The molecule has 0 spiro atoms. The van der Waals surface area contributed by atoms with Gasteiger partial charge >= 0.3 is 5.97 Å². The largest absolute Gasteiger partial charge is 0.466 e. The van der Waals surface area contributed by atoms with Crippen LogP contribution in [0.4, 0.5) is 0 Å². The Morgan fingerprint density at radius 1 is 1.32 bits per heavy atom. The maximum atomic E-state index is 10.2. The zero-order valence-electron chi connectivity index (χ0n) is 14.8. The third-order valence-corrected chi connectivity index (χ3v) is 2.33. The van der Waals surface area contributed by atoms with Crippen molar-refractivity contribution in [2.45, 2.75) is 55.1 Å². The third kappa shape index (κ3) is 39.0. The number of hydrogen-bond acceptors (Lipinski definition) is 5. The molecule has 150 valence electrons. The number of nitrogens with two attached hydrogens (primary N) is 2. The summed E-state index contributed by atoms with van der Waals surface area (Å²) in [5.74, 6) is -0.993. The minimum atomic E-state index is -0.481. The molecule has 0 saturated carbocycles. The van der Waals surface area contributed by atoms with Crippen LogP contribution < -0.4 is 11.5 Å². The molecule has 1 aliphatic rings. The van der Waals surface area contributed by atoms with E-state index in [4.69, 9.17) is 10.5 Å². The van der Waals surface area contributed by atoms with Crippen molar-refractivity contribution in [3.8, 4) is 0 Å². The Labute approximate surface area is 153 Å². The minimum Gasteiger partial charge on any atom is -0.466 e. The highest BCUT2D eigenvalue weighted by Crippen LogP contribution is 2.04. The van der Waals surface area contributed by atoms with Crippen LogP contribution in [-0.2, 0) is 23.9 Å². The normalized spacial score (nSPS) is 13.6. The standard InChI is InChI=1S/C5H11NO.C5H8O2.C3H5NO.C3H6O.2CH4/c1-3-4(2)5(6)7;1-4(2)5(6)7-3;1-2-3(4)5;1-3-2-4-3;;/h4H,3H2,1-2H3,(H2,6,7);1H2,2-3H3;2H,1H2,(H2,4,5);3H,2H2,1H3;2*1H4. The molecular weight excluding hydrogens is 324 g/mol. The van der Waals surface area contributed by atoms with E-state index in [1.807, 2.05) is 13.8 Å². The fourth-order valence-corrected chi connectivity index (χ4v) is 0.472. The molecule has 4 N–H and O–H groups in total. The smallest absolute Gasteiger partial charge is 0.332 e. The lowest BCUT2D eigenvalue weighted by molar-refractivity contribution is -0.136. The Bertz CT molecular complexity index is 391. The Morgan fingerprint density at radius 3 is 1.64 bits per heavy atom. The van der Waals surface area contributed by atoms with Crippen LogP contribution in [-0.4, -0.2) is 37.6 Å². The molecule has 0 aromatic rings. The zero-order valence-corrected chi connectivity index (χ0v) is 14.8. The van der Waals surface area contributed by atoms with E-state index in [0.29, 0.717) is 11.7 Å². The first-order valence-corrected chi connectivity index (χ1v) is 7.09. The predicted octanol–water partition coefficient (Wildman–Crippen LogP) is 2.59. The van der Waals surface area contributed by atoms with Gasteiger partial charge in [0, 0.05) is 11.5 Å². The molecule has 0 aliphatic carbocycles. The van der Waals surface area contributed by atoms with Gasteiger partial charge in [0.25, 0.3) is 0 Å². The van der Waals surface area contributed by atoms with E-state index in [1.165, 1.54) is 7.11 Å². The van der Waals surface area contributed by atoms with Gasteiger partial charge in [-0.1, -0.05) is 41.9 Å². The second-order valence-corrected chi connectivity index (χ2v) is 4.73. The number of carbonyl (C=O) groups is 3. The number of esters is 1. The van der Waals surface area contributed by atoms with Gasteiger partial charge in [-0.05, 0) is 26.3 Å². The van der Waals surface area contributed by atoms with Gasteiger partial charge in [-0.2, -0.15) is 0 Å². The van der Waals surface area contributed by atoms with E-state index in [2.05, 4.69) is 30.6 Å².